The van der Waals surface area contributed by atoms with Gasteiger partial charge >= 0.3 is 0 Å². The van der Waals surface area contributed by atoms with Crippen LogP contribution in [0.4, 0.5) is 0 Å². The standard InChI is InChI=1S/C18H27N3O4S/c1-4-21(5-2)26(23,24)15-6-7-17(25-3)16(12-15)18(22)20-13-14-8-10-19-11-9-14/h6-8,12,19H,4-5,9-11,13H2,1-3H3,(H,20,22). The Labute approximate surface area is 155 Å². The number of nitrogens with one attached hydrogen (secondary N) is 2. The van der Waals surface area contributed by atoms with Gasteiger partial charge in [-0.15, -0.1) is 0 Å². The van der Waals surface area contributed by atoms with Crippen molar-refractivity contribution in [3.8, 4) is 5.75 Å². The second-order valence-electron chi connectivity index (χ2n) is 5.95. The first-order valence-corrected chi connectivity index (χ1v) is 10.2. The first-order valence-electron chi connectivity index (χ1n) is 8.79. The lowest BCUT2D eigenvalue weighted by Gasteiger charge is -2.19. The van der Waals surface area contributed by atoms with Gasteiger partial charge in [0.1, 0.15) is 5.75 Å². The molecule has 0 aromatic heterocycles. The van der Waals surface area contributed by atoms with E-state index in [0.717, 1.165) is 25.1 Å². The molecular formula is C18H27N3O4S. The highest BCUT2D eigenvalue weighted by Crippen LogP contribution is 2.24. The highest BCUT2D eigenvalue weighted by atomic mass is 32.2. The molecule has 0 aliphatic carbocycles. The van der Waals surface area contributed by atoms with Gasteiger partial charge in [0.2, 0.25) is 10.0 Å². The highest BCUT2D eigenvalue weighted by molar-refractivity contribution is 7.89. The van der Waals surface area contributed by atoms with Gasteiger partial charge in [0.15, 0.2) is 0 Å². The lowest BCUT2D eigenvalue weighted by molar-refractivity contribution is 0.0953. The van der Waals surface area contributed by atoms with Crippen LogP contribution in [0, 0.1) is 0 Å². The predicted molar refractivity (Wildman–Crippen MR) is 101 cm³/mol. The van der Waals surface area contributed by atoms with Crippen LogP contribution >= 0.6 is 0 Å². The maximum atomic E-state index is 12.7. The molecule has 0 saturated heterocycles. The molecule has 7 nitrogen and oxygen atoms in total. The maximum Gasteiger partial charge on any atom is 0.255 e. The third-order valence-electron chi connectivity index (χ3n) is 4.39. The molecule has 1 aliphatic rings. The van der Waals surface area contributed by atoms with E-state index < -0.39 is 10.0 Å². The number of carbonyl (C=O) groups excluding carboxylic acids is 1. The van der Waals surface area contributed by atoms with Gasteiger partial charge in [-0.25, -0.2) is 8.42 Å². The Kier molecular flexibility index (Phi) is 7.19. The van der Waals surface area contributed by atoms with E-state index in [0.29, 0.717) is 25.4 Å². The molecule has 2 N–H and O–H groups in total. The van der Waals surface area contributed by atoms with Crippen molar-refractivity contribution in [1.82, 2.24) is 14.9 Å². The Hall–Kier alpha value is -1.90. The van der Waals surface area contributed by atoms with Gasteiger partial charge in [-0.2, -0.15) is 4.31 Å². The lowest BCUT2D eigenvalue weighted by Crippen LogP contribution is -2.32. The molecule has 144 valence electrons. The summed E-state index contributed by atoms with van der Waals surface area (Å²) < 4.78 is 32.0. The van der Waals surface area contributed by atoms with Crippen molar-refractivity contribution in [2.45, 2.75) is 25.2 Å². The Bertz CT molecular complexity index is 771. The Morgan fingerprint density at radius 3 is 2.62 bits per heavy atom. The SMILES string of the molecule is CCN(CC)S(=O)(=O)c1ccc(OC)c(C(=O)NCC2=CCNCC2)c1. The fraction of sp³-hybridized carbons (Fsp3) is 0.500. The van der Waals surface area contributed by atoms with E-state index in [2.05, 4.69) is 16.7 Å². The molecule has 1 amide bonds. The molecule has 2 rings (SSSR count). The largest absolute Gasteiger partial charge is 0.496 e. The number of benzene rings is 1. The fourth-order valence-electron chi connectivity index (χ4n) is 2.86. The summed E-state index contributed by atoms with van der Waals surface area (Å²) in [5, 5.41) is 6.07. The minimum absolute atomic E-state index is 0.0910. The van der Waals surface area contributed by atoms with Crippen LogP contribution in [0.3, 0.4) is 0 Å². The molecule has 0 saturated carbocycles. The summed E-state index contributed by atoms with van der Waals surface area (Å²) in [6.07, 6.45) is 2.94. The van der Waals surface area contributed by atoms with Gasteiger partial charge in [0, 0.05) is 26.2 Å². The fourth-order valence-corrected chi connectivity index (χ4v) is 4.34. The number of nitrogens with zero attached hydrogens (tertiary/aromatic N) is 1. The molecule has 8 heteroatoms. The van der Waals surface area contributed by atoms with Crippen LogP contribution in [-0.4, -0.2) is 58.5 Å². The summed E-state index contributed by atoms with van der Waals surface area (Å²) in [7, 11) is -2.18. The number of carbonyl (C=O) groups is 1. The van der Waals surface area contributed by atoms with Gasteiger partial charge in [0.05, 0.1) is 17.6 Å². The highest BCUT2D eigenvalue weighted by Gasteiger charge is 2.24. The molecule has 1 aromatic carbocycles. The van der Waals surface area contributed by atoms with E-state index in [1.165, 1.54) is 29.6 Å². The predicted octanol–water partition coefficient (Wildman–Crippen LogP) is 1.38. The maximum absolute atomic E-state index is 12.7. The number of methoxy groups -OCH3 is 1. The number of rotatable bonds is 8. The van der Waals surface area contributed by atoms with Crippen LogP contribution in [0.1, 0.15) is 30.6 Å². The van der Waals surface area contributed by atoms with Crippen molar-refractivity contribution >= 4 is 15.9 Å². The van der Waals surface area contributed by atoms with Crippen molar-refractivity contribution in [1.29, 1.82) is 0 Å². The van der Waals surface area contributed by atoms with Crippen LogP contribution in [0.25, 0.3) is 0 Å². The zero-order valence-corrected chi connectivity index (χ0v) is 16.4. The molecular weight excluding hydrogens is 354 g/mol. The number of hydrogen-bond acceptors (Lipinski definition) is 5. The van der Waals surface area contributed by atoms with E-state index in [1.54, 1.807) is 13.8 Å². The van der Waals surface area contributed by atoms with Crippen molar-refractivity contribution in [3.63, 3.8) is 0 Å². The van der Waals surface area contributed by atoms with Crippen molar-refractivity contribution < 1.29 is 17.9 Å². The second kappa shape index (κ2) is 9.16. The zero-order valence-electron chi connectivity index (χ0n) is 15.5. The van der Waals surface area contributed by atoms with Crippen LogP contribution in [-0.2, 0) is 10.0 Å². The van der Waals surface area contributed by atoms with E-state index in [9.17, 15) is 13.2 Å². The molecule has 0 unspecified atom stereocenters. The number of ether oxygens (including phenoxy) is 1. The third kappa shape index (κ3) is 4.63. The van der Waals surface area contributed by atoms with Crippen LogP contribution in [0.15, 0.2) is 34.7 Å². The van der Waals surface area contributed by atoms with Gasteiger partial charge in [-0.05, 0) is 31.2 Å². The third-order valence-corrected chi connectivity index (χ3v) is 6.44. The molecule has 1 aliphatic heterocycles. The normalized spacial score (nSPS) is 14.8. The van der Waals surface area contributed by atoms with Gasteiger partial charge in [0.25, 0.3) is 5.91 Å². The Morgan fingerprint density at radius 2 is 2.04 bits per heavy atom. The topological polar surface area (TPSA) is 87.7 Å². The van der Waals surface area contributed by atoms with Crippen LogP contribution < -0.4 is 15.4 Å². The molecule has 0 atom stereocenters. The minimum atomic E-state index is -3.64. The van der Waals surface area contributed by atoms with Gasteiger partial charge in [-0.3, -0.25) is 4.79 Å². The van der Waals surface area contributed by atoms with Gasteiger partial charge in [-0.1, -0.05) is 25.5 Å². The quantitative estimate of drug-likeness (QED) is 0.664. The van der Waals surface area contributed by atoms with Gasteiger partial charge < -0.3 is 15.4 Å². The van der Waals surface area contributed by atoms with Crippen molar-refractivity contribution in [3.05, 3.63) is 35.4 Å². The average molecular weight is 381 g/mol. The molecule has 1 aromatic rings. The van der Waals surface area contributed by atoms with E-state index in [4.69, 9.17) is 4.74 Å². The molecule has 26 heavy (non-hydrogen) atoms. The van der Waals surface area contributed by atoms with Crippen LogP contribution in [0.2, 0.25) is 0 Å². The van der Waals surface area contributed by atoms with Crippen LogP contribution in [0.5, 0.6) is 5.75 Å². The lowest BCUT2D eigenvalue weighted by atomic mass is 10.1. The summed E-state index contributed by atoms with van der Waals surface area (Å²) in [5.41, 5.74) is 1.37. The number of hydrogen-bond donors (Lipinski definition) is 2. The molecule has 0 bridgehead atoms. The Morgan fingerprint density at radius 1 is 1.31 bits per heavy atom. The monoisotopic (exact) mass is 381 g/mol. The van der Waals surface area contributed by atoms with Crippen molar-refractivity contribution in [2.24, 2.45) is 0 Å². The molecule has 0 fully saturated rings. The summed E-state index contributed by atoms with van der Waals surface area (Å²) in [6.45, 7) is 6.44. The van der Waals surface area contributed by atoms with E-state index >= 15 is 0 Å². The summed E-state index contributed by atoms with van der Waals surface area (Å²) >= 11 is 0. The summed E-state index contributed by atoms with van der Waals surface area (Å²) in [4.78, 5) is 12.7. The molecule has 1 heterocycles. The summed E-state index contributed by atoms with van der Waals surface area (Å²) in [6, 6.07) is 4.38. The first kappa shape index (κ1) is 20.4. The zero-order chi connectivity index (χ0) is 19.2. The van der Waals surface area contributed by atoms with E-state index in [1.807, 2.05) is 0 Å². The molecule has 0 spiro atoms. The minimum Gasteiger partial charge on any atom is -0.496 e. The number of sulfonamides is 1. The smallest absolute Gasteiger partial charge is 0.255 e. The van der Waals surface area contributed by atoms with Crippen molar-refractivity contribution in [2.75, 3.05) is 39.8 Å². The summed E-state index contributed by atoms with van der Waals surface area (Å²) in [5.74, 6) is -0.00170. The van der Waals surface area contributed by atoms with E-state index in [-0.39, 0.29) is 16.4 Å². The molecule has 0 radical (unpaired) electrons. The Balaban J connectivity index is 2.26. The second-order valence-corrected chi connectivity index (χ2v) is 7.89. The average Bonchev–Trinajstić information content (AvgIpc) is 2.67. The first-order chi connectivity index (χ1) is 12.4. The number of amides is 1.